The van der Waals surface area contributed by atoms with Gasteiger partial charge in [0.25, 0.3) is 0 Å². The first kappa shape index (κ1) is 15.6. The Bertz CT molecular complexity index is 598. The van der Waals surface area contributed by atoms with Crippen LogP contribution in [0.2, 0.25) is 0 Å². The number of ether oxygens (including phenoxy) is 1. The van der Waals surface area contributed by atoms with Crippen LogP contribution in [-0.4, -0.2) is 24.7 Å². The van der Waals surface area contributed by atoms with Crippen molar-refractivity contribution in [2.24, 2.45) is 5.73 Å². The highest BCUT2D eigenvalue weighted by Crippen LogP contribution is 2.30. The molecule has 0 amide bonds. The number of benzene rings is 1. The zero-order valence-electron chi connectivity index (χ0n) is 13.1. The molecule has 21 heavy (non-hydrogen) atoms. The topological polar surface area (TPSA) is 60.2 Å². The van der Waals surface area contributed by atoms with Gasteiger partial charge in [0.1, 0.15) is 5.75 Å². The number of aryl methyl sites for hydroxylation is 1. The Morgan fingerprint density at radius 2 is 2.19 bits per heavy atom. The molecule has 0 unspecified atom stereocenters. The van der Waals surface area contributed by atoms with Crippen LogP contribution in [0.15, 0.2) is 24.4 Å². The van der Waals surface area contributed by atoms with E-state index in [4.69, 9.17) is 10.5 Å². The molecule has 0 bridgehead atoms. The number of anilines is 1. The average molecular weight is 287 g/mol. The van der Waals surface area contributed by atoms with Crippen LogP contribution in [0.4, 0.5) is 5.69 Å². The lowest BCUT2D eigenvalue weighted by atomic mass is 10.1. The molecule has 0 radical (unpaired) electrons. The summed E-state index contributed by atoms with van der Waals surface area (Å²) in [5.41, 5.74) is 8.87. The number of hydrogen-bond acceptors (Lipinski definition) is 4. The summed E-state index contributed by atoms with van der Waals surface area (Å²) in [6.45, 7) is 5.02. The Kier molecular flexibility index (Phi) is 5.39. The van der Waals surface area contributed by atoms with Crippen molar-refractivity contribution in [2.45, 2.75) is 39.2 Å². The summed E-state index contributed by atoms with van der Waals surface area (Å²) in [6.07, 6.45) is 5.01. The Balaban J connectivity index is 2.39. The van der Waals surface area contributed by atoms with Crippen molar-refractivity contribution in [1.82, 2.24) is 4.98 Å². The van der Waals surface area contributed by atoms with E-state index < -0.39 is 0 Å². The second-order valence-electron chi connectivity index (χ2n) is 5.38. The molecule has 0 aliphatic heterocycles. The molecule has 1 atom stereocenters. The Morgan fingerprint density at radius 3 is 2.86 bits per heavy atom. The van der Waals surface area contributed by atoms with Gasteiger partial charge in [-0.1, -0.05) is 6.92 Å². The van der Waals surface area contributed by atoms with Crippen LogP contribution in [0.3, 0.4) is 0 Å². The summed E-state index contributed by atoms with van der Waals surface area (Å²) in [4.78, 5) is 4.54. The molecular formula is C17H25N3O. The molecule has 3 N–H and O–H groups in total. The van der Waals surface area contributed by atoms with Crippen LogP contribution in [0.1, 0.15) is 31.7 Å². The highest BCUT2D eigenvalue weighted by atomic mass is 16.5. The predicted octanol–water partition coefficient (Wildman–Crippen LogP) is 3.48. The number of hydrogen-bond donors (Lipinski definition) is 2. The van der Waals surface area contributed by atoms with Crippen molar-refractivity contribution in [3.05, 3.63) is 30.0 Å². The van der Waals surface area contributed by atoms with Gasteiger partial charge in [-0.05, 0) is 50.4 Å². The minimum absolute atomic E-state index is 0.408. The van der Waals surface area contributed by atoms with E-state index in [2.05, 4.69) is 24.1 Å². The fourth-order valence-corrected chi connectivity index (χ4v) is 2.55. The van der Waals surface area contributed by atoms with Gasteiger partial charge >= 0.3 is 0 Å². The smallest absolute Gasteiger partial charge is 0.121 e. The van der Waals surface area contributed by atoms with Crippen molar-refractivity contribution < 1.29 is 4.74 Å². The zero-order valence-corrected chi connectivity index (χ0v) is 13.1. The standard InChI is InChI=1S/C17H25N3O/c1-4-13(6-5-8-18)20-16-11-14(21-3)10-15-12(2)7-9-19-17(15)16/h7,9-11,13,20H,4-6,8,18H2,1-3H3/t13-/m1/s1. The highest BCUT2D eigenvalue weighted by Gasteiger charge is 2.12. The molecule has 114 valence electrons. The van der Waals surface area contributed by atoms with Crippen molar-refractivity contribution in [3.8, 4) is 5.75 Å². The third-order valence-corrected chi connectivity index (χ3v) is 3.88. The summed E-state index contributed by atoms with van der Waals surface area (Å²) >= 11 is 0. The Labute approximate surface area is 126 Å². The number of aromatic nitrogens is 1. The van der Waals surface area contributed by atoms with E-state index in [1.807, 2.05) is 24.4 Å². The van der Waals surface area contributed by atoms with Gasteiger partial charge in [0.05, 0.1) is 18.3 Å². The van der Waals surface area contributed by atoms with E-state index in [1.54, 1.807) is 7.11 Å². The molecule has 0 saturated carbocycles. The lowest BCUT2D eigenvalue weighted by Crippen LogP contribution is -2.20. The van der Waals surface area contributed by atoms with Crippen LogP contribution >= 0.6 is 0 Å². The Hall–Kier alpha value is -1.81. The number of methoxy groups -OCH3 is 1. The maximum atomic E-state index is 5.62. The second-order valence-corrected chi connectivity index (χ2v) is 5.38. The van der Waals surface area contributed by atoms with Gasteiger partial charge in [-0.2, -0.15) is 0 Å². The van der Waals surface area contributed by atoms with Gasteiger partial charge in [0.15, 0.2) is 0 Å². The molecule has 2 rings (SSSR count). The maximum Gasteiger partial charge on any atom is 0.121 e. The quantitative estimate of drug-likeness (QED) is 0.818. The number of rotatable bonds is 7. The zero-order chi connectivity index (χ0) is 15.2. The normalized spacial score (nSPS) is 12.4. The van der Waals surface area contributed by atoms with Crippen LogP contribution in [0.25, 0.3) is 10.9 Å². The average Bonchev–Trinajstić information content (AvgIpc) is 2.51. The van der Waals surface area contributed by atoms with E-state index in [1.165, 1.54) is 5.56 Å². The lowest BCUT2D eigenvalue weighted by molar-refractivity contribution is 0.415. The number of pyridine rings is 1. The van der Waals surface area contributed by atoms with Crippen LogP contribution < -0.4 is 15.8 Å². The molecule has 0 saturated heterocycles. The minimum atomic E-state index is 0.408. The predicted molar refractivity (Wildman–Crippen MR) is 89.0 cm³/mol. The number of nitrogens with zero attached hydrogens (tertiary/aromatic N) is 1. The van der Waals surface area contributed by atoms with Gasteiger partial charge in [-0.3, -0.25) is 4.98 Å². The second kappa shape index (κ2) is 7.27. The van der Waals surface area contributed by atoms with Gasteiger partial charge in [-0.25, -0.2) is 0 Å². The third-order valence-electron chi connectivity index (χ3n) is 3.88. The number of fused-ring (bicyclic) bond motifs is 1. The molecule has 4 heteroatoms. The van der Waals surface area contributed by atoms with Gasteiger partial charge in [0.2, 0.25) is 0 Å². The molecule has 1 aromatic heterocycles. The summed E-state index contributed by atoms with van der Waals surface area (Å²) in [5.74, 6) is 0.856. The molecule has 0 aliphatic rings. The molecule has 0 aliphatic carbocycles. The maximum absolute atomic E-state index is 5.62. The van der Waals surface area contributed by atoms with E-state index in [-0.39, 0.29) is 0 Å². The highest BCUT2D eigenvalue weighted by molar-refractivity contribution is 5.94. The minimum Gasteiger partial charge on any atom is -0.497 e. The fraction of sp³-hybridized carbons (Fsp3) is 0.471. The van der Waals surface area contributed by atoms with Crippen molar-refractivity contribution >= 4 is 16.6 Å². The van der Waals surface area contributed by atoms with Crippen molar-refractivity contribution in [3.63, 3.8) is 0 Å². The molecule has 0 spiro atoms. The molecule has 0 fully saturated rings. The first-order valence-electron chi connectivity index (χ1n) is 7.59. The monoisotopic (exact) mass is 287 g/mol. The van der Waals surface area contributed by atoms with Gasteiger partial charge in [-0.15, -0.1) is 0 Å². The van der Waals surface area contributed by atoms with E-state index >= 15 is 0 Å². The molecule has 1 aromatic carbocycles. The lowest BCUT2D eigenvalue weighted by Gasteiger charge is -2.20. The van der Waals surface area contributed by atoms with Crippen LogP contribution in [-0.2, 0) is 0 Å². The summed E-state index contributed by atoms with van der Waals surface area (Å²) in [5, 5.41) is 4.74. The Morgan fingerprint density at radius 1 is 1.38 bits per heavy atom. The fourth-order valence-electron chi connectivity index (χ4n) is 2.55. The molecule has 1 heterocycles. The van der Waals surface area contributed by atoms with E-state index in [9.17, 15) is 0 Å². The van der Waals surface area contributed by atoms with E-state index in [0.29, 0.717) is 6.04 Å². The van der Waals surface area contributed by atoms with Crippen molar-refractivity contribution in [2.75, 3.05) is 19.0 Å². The molecule has 4 nitrogen and oxygen atoms in total. The van der Waals surface area contributed by atoms with Crippen LogP contribution in [0.5, 0.6) is 5.75 Å². The summed E-state index contributed by atoms with van der Waals surface area (Å²) in [7, 11) is 1.70. The van der Waals surface area contributed by atoms with Gasteiger partial charge < -0.3 is 15.8 Å². The number of nitrogens with one attached hydrogen (secondary N) is 1. The largest absolute Gasteiger partial charge is 0.497 e. The first-order chi connectivity index (χ1) is 10.2. The molecular weight excluding hydrogens is 262 g/mol. The SMILES string of the molecule is CC[C@H](CCCN)Nc1cc(OC)cc2c(C)ccnc12. The van der Waals surface area contributed by atoms with Crippen LogP contribution in [0, 0.1) is 6.92 Å². The summed E-state index contributed by atoms with van der Waals surface area (Å²) in [6, 6.07) is 6.51. The molecule has 2 aromatic rings. The van der Waals surface area contributed by atoms with Gasteiger partial charge in [0, 0.05) is 23.7 Å². The van der Waals surface area contributed by atoms with E-state index in [0.717, 1.165) is 48.1 Å². The summed E-state index contributed by atoms with van der Waals surface area (Å²) < 4.78 is 5.43. The van der Waals surface area contributed by atoms with Crippen molar-refractivity contribution in [1.29, 1.82) is 0 Å². The first-order valence-corrected chi connectivity index (χ1v) is 7.59. The number of nitrogens with two attached hydrogens (primary N) is 1. The third kappa shape index (κ3) is 3.64.